The van der Waals surface area contributed by atoms with Crippen LogP contribution in [0.2, 0.25) is 0 Å². The normalized spacial score (nSPS) is 15.9. The van der Waals surface area contributed by atoms with Gasteiger partial charge in [-0.1, -0.05) is 51.0 Å². The first-order valence-corrected chi connectivity index (χ1v) is 22.3. The van der Waals surface area contributed by atoms with E-state index in [1.54, 1.807) is 17.1 Å². The Balaban J connectivity index is 1.12. The van der Waals surface area contributed by atoms with Gasteiger partial charge in [0.15, 0.2) is 5.82 Å². The molecule has 2 N–H and O–H groups in total. The number of fused-ring (bicyclic) bond motifs is 2. The fourth-order valence-electron chi connectivity index (χ4n) is 8.13. The van der Waals surface area contributed by atoms with Gasteiger partial charge in [-0.05, 0) is 92.7 Å². The molecule has 3 aromatic heterocycles. The predicted molar refractivity (Wildman–Crippen MR) is 230 cm³/mol. The van der Waals surface area contributed by atoms with Crippen molar-refractivity contribution in [3.8, 4) is 5.69 Å². The van der Waals surface area contributed by atoms with E-state index in [2.05, 4.69) is 92.8 Å². The second-order valence-electron chi connectivity index (χ2n) is 15.1. The maximum Gasteiger partial charge on any atom is 0.229 e. The van der Waals surface area contributed by atoms with Crippen LogP contribution in [0, 0.1) is 0 Å². The van der Waals surface area contributed by atoms with E-state index in [0.717, 1.165) is 90.9 Å². The van der Waals surface area contributed by atoms with Gasteiger partial charge in [0.05, 0.1) is 22.7 Å². The Labute approximate surface area is 323 Å². The zero-order chi connectivity index (χ0) is 38.1. The molecule has 0 amide bonds. The Kier molecular flexibility index (Phi) is 10.3. The number of piperidine rings is 1. The molecular formula is C42H51N12P. The Morgan fingerprint density at radius 2 is 1.58 bits per heavy atom. The number of hydrogen-bond acceptors (Lipinski definition) is 11. The van der Waals surface area contributed by atoms with Crippen molar-refractivity contribution in [1.82, 2.24) is 44.7 Å². The first-order valence-electron chi connectivity index (χ1n) is 19.4. The minimum Gasteiger partial charge on any atom is -0.375 e. The van der Waals surface area contributed by atoms with Gasteiger partial charge >= 0.3 is 0 Å². The summed E-state index contributed by atoms with van der Waals surface area (Å²) in [7, 11) is 0. The lowest BCUT2D eigenvalue weighted by molar-refractivity contribution is 0.107. The molecule has 5 heterocycles. The van der Waals surface area contributed by atoms with Crippen molar-refractivity contribution in [3.05, 3.63) is 91.0 Å². The molecule has 0 atom stereocenters. The lowest BCUT2D eigenvalue weighted by atomic mass is 9.97. The largest absolute Gasteiger partial charge is 0.375 e. The number of nitrogens with zero attached hydrogens (tertiary/aromatic N) is 10. The summed E-state index contributed by atoms with van der Waals surface area (Å²) in [5.41, 5.74) is 9.82. The van der Waals surface area contributed by atoms with Crippen molar-refractivity contribution in [2.75, 3.05) is 68.1 Å². The van der Waals surface area contributed by atoms with Gasteiger partial charge in [0.25, 0.3) is 0 Å². The minimum atomic E-state index is -1.84. The molecular weight excluding hydrogens is 704 g/mol. The van der Waals surface area contributed by atoms with E-state index in [4.69, 9.17) is 15.0 Å². The highest BCUT2D eigenvalue weighted by molar-refractivity contribution is 7.80. The maximum absolute atomic E-state index is 5.15. The fraction of sp³-hybridized carbons (Fsp3) is 0.357. The van der Waals surface area contributed by atoms with Crippen LogP contribution in [0.4, 0.5) is 28.8 Å². The van der Waals surface area contributed by atoms with Crippen LogP contribution in [-0.4, -0.2) is 110 Å². The number of hydrogen-bond donors (Lipinski definition) is 2. The van der Waals surface area contributed by atoms with Crippen molar-refractivity contribution in [2.45, 2.75) is 45.6 Å². The van der Waals surface area contributed by atoms with Crippen molar-refractivity contribution in [2.24, 2.45) is 0 Å². The number of para-hydroxylation sites is 1. The van der Waals surface area contributed by atoms with Crippen molar-refractivity contribution in [3.63, 3.8) is 0 Å². The molecule has 0 radical (unpaired) electrons. The summed E-state index contributed by atoms with van der Waals surface area (Å²) in [6.07, 6.45) is 16.0. The average molecular weight is 755 g/mol. The fourth-order valence-corrected chi connectivity index (χ4v) is 9.66. The van der Waals surface area contributed by atoms with E-state index in [9.17, 15) is 0 Å². The summed E-state index contributed by atoms with van der Waals surface area (Å²) < 4.78 is 1.79. The zero-order valence-corrected chi connectivity index (χ0v) is 33.3. The molecule has 2 aliphatic rings. The molecule has 0 unspecified atom stereocenters. The van der Waals surface area contributed by atoms with Gasteiger partial charge in [-0.15, -0.1) is 5.10 Å². The summed E-state index contributed by atoms with van der Waals surface area (Å²) in [6, 6.07) is 17.3. The Bertz CT molecular complexity index is 2380. The van der Waals surface area contributed by atoms with Crippen molar-refractivity contribution < 1.29 is 0 Å². The molecule has 0 aliphatic carbocycles. The number of aryl methyl sites for hydroxylation is 2. The first-order chi connectivity index (χ1) is 26.7. The van der Waals surface area contributed by atoms with E-state index in [0.29, 0.717) is 23.5 Å². The molecule has 55 heavy (non-hydrogen) atoms. The molecule has 0 bridgehead atoms. The monoisotopic (exact) mass is 754 g/mol. The summed E-state index contributed by atoms with van der Waals surface area (Å²) in [4.78, 5) is 27.0. The van der Waals surface area contributed by atoms with Gasteiger partial charge in [0.2, 0.25) is 5.95 Å². The highest BCUT2D eigenvalue weighted by atomic mass is 31.2. The third-order valence-electron chi connectivity index (χ3n) is 11.1. The molecule has 8 rings (SSSR count). The van der Waals surface area contributed by atoms with Crippen LogP contribution in [0.15, 0.2) is 79.9 Å². The number of rotatable bonds is 11. The molecule has 12 nitrogen and oxygen atoms in total. The van der Waals surface area contributed by atoms with Crippen LogP contribution in [0.1, 0.15) is 37.8 Å². The zero-order valence-electron chi connectivity index (χ0n) is 32.4. The van der Waals surface area contributed by atoms with Crippen molar-refractivity contribution in [1.29, 1.82) is 0 Å². The first kappa shape index (κ1) is 36.6. The third kappa shape index (κ3) is 7.41. The number of aromatic nitrogens is 7. The molecule has 2 aliphatic heterocycles. The number of anilines is 5. The summed E-state index contributed by atoms with van der Waals surface area (Å²) in [5, 5.41) is 17.3. The summed E-state index contributed by atoms with van der Waals surface area (Å²) in [5.74, 6) is 1.08. The number of benzene rings is 3. The number of piperazine rings is 1. The quantitative estimate of drug-likeness (QED) is 0.136. The van der Waals surface area contributed by atoms with Crippen LogP contribution in [0.3, 0.4) is 0 Å². The lowest BCUT2D eigenvalue weighted by Crippen LogP contribution is -2.52. The van der Waals surface area contributed by atoms with Crippen LogP contribution < -0.4 is 20.8 Å². The average Bonchev–Trinajstić information content (AvgIpc) is 3.64. The van der Waals surface area contributed by atoms with Gasteiger partial charge < -0.3 is 20.4 Å². The second kappa shape index (κ2) is 15.4. The topological polar surface area (TPSA) is 116 Å². The highest BCUT2D eigenvalue weighted by Crippen LogP contribution is 2.41. The summed E-state index contributed by atoms with van der Waals surface area (Å²) in [6.45, 7) is 17.5. The van der Waals surface area contributed by atoms with E-state index < -0.39 is 6.89 Å². The van der Waals surface area contributed by atoms with E-state index in [1.807, 2.05) is 48.8 Å². The predicted octanol–water partition coefficient (Wildman–Crippen LogP) is 6.83. The molecule has 13 heteroatoms. The van der Waals surface area contributed by atoms with Gasteiger partial charge in [-0.2, -0.15) is 4.98 Å². The number of nitrogens with one attached hydrogen (secondary N) is 2. The SMILES string of the molecule is C=CN1CCN(C2CCN(c3cc(CC)c(Nc4ncc(-n5nnc6ccccc65)c(Nc5ccc6nccnc6c5P(=C)(C)C)n4)cc3CC)CC2)CC1. The third-order valence-corrected chi connectivity index (χ3v) is 12.7. The maximum atomic E-state index is 5.15. The van der Waals surface area contributed by atoms with Crippen LogP contribution in [0.5, 0.6) is 0 Å². The van der Waals surface area contributed by atoms with Gasteiger partial charge in [-0.25, -0.2) is 9.67 Å². The standard InChI is InChI=1S/C42H51N12P/c1-7-29-27-37(53-20-16-31(17-21-53)52-24-22-51(9-3)23-25-52)30(8-2)26-35(29)47-42-45-28-38(54-36-13-11-10-12-32(36)49-50-54)41(48-42)46-34-15-14-33-39(44-19-18-43-33)40(34)55(4,5)6/h9-15,18-19,26-28,31H,3-4,7-8,16-17,20-25H2,1-2,5-6H3,(H2,45,46,47,48). The van der Waals surface area contributed by atoms with E-state index >= 15 is 0 Å². The van der Waals surface area contributed by atoms with Gasteiger partial charge in [0.1, 0.15) is 11.2 Å². The van der Waals surface area contributed by atoms with Gasteiger partial charge in [-0.3, -0.25) is 14.9 Å². The molecule has 3 aromatic carbocycles. The molecule has 6 aromatic rings. The Hall–Kier alpha value is -5.32. The van der Waals surface area contributed by atoms with E-state index in [1.165, 1.54) is 29.7 Å². The Morgan fingerprint density at radius 1 is 0.818 bits per heavy atom. The molecule has 2 saturated heterocycles. The smallest absolute Gasteiger partial charge is 0.229 e. The molecule has 284 valence electrons. The van der Waals surface area contributed by atoms with Crippen LogP contribution >= 0.6 is 6.89 Å². The lowest BCUT2D eigenvalue weighted by Gasteiger charge is -2.43. The molecule has 0 spiro atoms. The van der Waals surface area contributed by atoms with Gasteiger partial charge in [0, 0.05) is 80.1 Å². The molecule has 2 fully saturated rings. The van der Waals surface area contributed by atoms with E-state index in [-0.39, 0.29) is 0 Å². The highest BCUT2D eigenvalue weighted by Gasteiger charge is 2.28. The van der Waals surface area contributed by atoms with Crippen molar-refractivity contribution >= 4 is 69.4 Å². The molecule has 0 saturated carbocycles. The summed E-state index contributed by atoms with van der Waals surface area (Å²) >= 11 is 0. The minimum absolute atomic E-state index is 0.489. The van der Waals surface area contributed by atoms with Crippen LogP contribution in [-0.2, 0) is 12.8 Å². The Morgan fingerprint density at radius 3 is 2.33 bits per heavy atom. The van der Waals surface area contributed by atoms with Crippen LogP contribution in [0.25, 0.3) is 27.8 Å². The second-order valence-corrected chi connectivity index (χ2v) is 18.9.